The van der Waals surface area contributed by atoms with Gasteiger partial charge in [-0.05, 0) is 44.0 Å². The van der Waals surface area contributed by atoms with Gasteiger partial charge in [-0.15, -0.1) is 0 Å². The lowest BCUT2D eigenvalue weighted by atomic mass is 10.1. The highest BCUT2D eigenvalue weighted by molar-refractivity contribution is 6.30. The number of aryl methyl sites for hydroxylation is 1. The Bertz CT molecular complexity index is 485. The number of unbranched alkanes of at least 4 members (excludes halogenated alkanes) is 1. The van der Waals surface area contributed by atoms with Gasteiger partial charge in [0.05, 0.1) is 0 Å². The van der Waals surface area contributed by atoms with Crippen LogP contribution in [0.1, 0.15) is 24.8 Å². The number of aliphatic carboxylic acids is 1. The lowest BCUT2D eigenvalue weighted by Gasteiger charge is -2.36. The molecule has 0 radical (unpaired) electrons. The average Bonchev–Trinajstić information content (AvgIpc) is 2.47. The Morgan fingerprint density at radius 1 is 1.24 bits per heavy atom. The van der Waals surface area contributed by atoms with Crippen LogP contribution >= 0.6 is 11.6 Å². The van der Waals surface area contributed by atoms with Crippen LogP contribution in [-0.2, 0) is 4.79 Å². The van der Waals surface area contributed by atoms with E-state index in [4.69, 9.17) is 16.7 Å². The van der Waals surface area contributed by atoms with E-state index in [2.05, 4.69) is 22.8 Å². The fourth-order valence-corrected chi connectivity index (χ4v) is 2.91. The van der Waals surface area contributed by atoms with Gasteiger partial charge < -0.3 is 10.0 Å². The molecule has 1 aromatic rings. The zero-order valence-corrected chi connectivity index (χ0v) is 13.3. The molecule has 5 heteroatoms. The summed E-state index contributed by atoms with van der Waals surface area (Å²) >= 11 is 6.09. The Labute approximate surface area is 131 Å². The number of carboxylic acid groups (broad SMARTS) is 1. The summed E-state index contributed by atoms with van der Waals surface area (Å²) in [6, 6.07) is 6.04. The van der Waals surface area contributed by atoms with E-state index in [1.54, 1.807) is 0 Å². The van der Waals surface area contributed by atoms with Crippen LogP contribution in [0.2, 0.25) is 5.02 Å². The van der Waals surface area contributed by atoms with Gasteiger partial charge in [0.25, 0.3) is 0 Å². The number of rotatable bonds is 6. The fraction of sp³-hybridized carbons (Fsp3) is 0.562. The summed E-state index contributed by atoms with van der Waals surface area (Å²) in [5, 5.41) is 9.41. The van der Waals surface area contributed by atoms with Crippen LogP contribution < -0.4 is 4.90 Å². The number of carboxylic acids is 1. The van der Waals surface area contributed by atoms with Gasteiger partial charge in [-0.2, -0.15) is 0 Å². The molecule has 2 rings (SSSR count). The second-order valence-corrected chi connectivity index (χ2v) is 6.05. The highest BCUT2D eigenvalue weighted by Gasteiger charge is 2.18. The predicted octanol–water partition coefficient (Wildman–Crippen LogP) is 3.03. The molecule has 0 saturated carbocycles. The maximum absolute atomic E-state index is 10.5. The van der Waals surface area contributed by atoms with Gasteiger partial charge >= 0.3 is 5.97 Å². The molecule has 0 atom stereocenters. The zero-order chi connectivity index (χ0) is 15.2. The molecule has 0 spiro atoms. The molecule has 0 amide bonds. The van der Waals surface area contributed by atoms with E-state index in [-0.39, 0.29) is 6.42 Å². The second kappa shape index (κ2) is 7.66. The summed E-state index contributed by atoms with van der Waals surface area (Å²) in [7, 11) is 0. The van der Waals surface area contributed by atoms with Crippen LogP contribution in [0.15, 0.2) is 18.2 Å². The highest BCUT2D eigenvalue weighted by atomic mass is 35.5. The van der Waals surface area contributed by atoms with Crippen molar-refractivity contribution in [2.45, 2.75) is 26.2 Å². The molecule has 1 aliphatic heterocycles. The van der Waals surface area contributed by atoms with Crippen molar-refractivity contribution >= 4 is 23.3 Å². The first-order valence-electron chi connectivity index (χ1n) is 7.51. The molecule has 0 bridgehead atoms. The Morgan fingerprint density at radius 3 is 2.62 bits per heavy atom. The summed E-state index contributed by atoms with van der Waals surface area (Å²) < 4.78 is 0. The largest absolute Gasteiger partial charge is 0.481 e. The van der Waals surface area contributed by atoms with Crippen LogP contribution in [0.4, 0.5) is 5.69 Å². The number of hydrogen-bond donors (Lipinski definition) is 1. The molecule has 1 saturated heterocycles. The maximum atomic E-state index is 10.5. The summed E-state index contributed by atoms with van der Waals surface area (Å²) in [5.74, 6) is -0.698. The molecule has 4 nitrogen and oxygen atoms in total. The number of anilines is 1. The molecule has 116 valence electrons. The van der Waals surface area contributed by atoms with Gasteiger partial charge in [0.1, 0.15) is 0 Å². The van der Waals surface area contributed by atoms with E-state index in [0.717, 1.165) is 50.6 Å². The molecular formula is C16H23ClN2O2. The SMILES string of the molecule is Cc1ccc(Cl)cc1N1CCN(CCCCC(=O)O)CC1. The lowest BCUT2D eigenvalue weighted by Crippen LogP contribution is -2.46. The van der Waals surface area contributed by atoms with Crippen molar-refractivity contribution in [1.29, 1.82) is 0 Å². The third kappa shape index (κ3) is 4.90. The molecule has 1 aliphatic rings. The van der Waals surface area contributed by atoms with Gasteiger partial charge in [-0.3, -0.25) is 9.69 Å². The summed E-state index contributed by atoms with van der Waals surface area (Å²) in [6.07, 6.45) is 2.01. The molecule has 1 N–H and O–H groups in total. The molecule has 1 heterocycles. The summed E-state index contributed by atoms with van der Waals surface area (Å²) in [6.45, 7) is 7.16. The van der Waals surface area contributed by atoms with Gasteiger partial charge in [0, 0.05) is 43.3 Å². The topological polar surface area (TPSA) is 43.8 Å². The normalized spacial score (nSPS) is 16.2. The number of benzene rings is 1. The van der Waals surface area contributed by atoms with Crippen molar-refractivity contribution in [3.05, 3.63) is 28.8 Å². The van der Waals surface area contributed by atoms with Crippen LogP contribution in [0.25, 0.3) is 0 Å². The number of piperazine rings is 1. The molecular weight excluding hydrogens is 288 g/mol. The van der Waals surface area contributed by atoms with E-state index in [1.807, 2.05) is 12.1 Å². The van der Waals surface area contributed by atoms with E-state index in [9.17, 15) is 4.79 Å². The predicted molar refractivity (Wildman–Crippen MR) is 86.3 cm³/mol. The zero-order valence-electron chi connectivity index (χ0n) is 12.5. The Hall–Kier alpha value is -1.26. The average molecular weight is 311 g/mol. The quantitative estimate of drug-likeness (QED) is 0.820. The van der Waals surface area contributed by atoms with Crippen LogP contribution in [0, 0.1) is 6.92 Å². The van der Waals surface area contributed by atoms with Crippen molar-refractivity contribution in [1.82, 2.24) is 4.90 Å². The van der Waals surface area contributed by atoms with Crippen molar-refractivity contribution in [3.63, 3.8) is 0 Å². The monoisotopic (exact) mass is 310 g/mol. The number of halogens is 1. The van der Waals surface area contributed by atoms with Gasteiger partial charge in [-0.1, -0.05) is 17.7 Å². The second-order valence-electron chi connectivity index (χ2n) is 5.61. The maximum Gasteiger partial charge on any atom is 0.303 e. The van der Waals surface area contributed by atoms with Gasteiger partial charge in [-0.25, -0.2) is 0 Å². The van der Waals surface area contributed by atoms with Crippen molar-refractivity contribution in [2.24, 2.45) is 0 Å². The highest BCUT2D eigenvalue weighted by Crippen LogP contribution is 2.25. The smallest absolute Gasteiger partial charge is 0.303 e. The Balaban J connectivity index is 1.78. The van der Waals surface area contributed by atoms with Crippen LogP contribution in [-0.4, -0.2) is 48.7 Å². The lowest BCUT2D eigenvalue weighted by molar-refractivity contribution is -0.137. The van der Waals surface area contributed by atoms with Crippen LogP contribution in [0.5, 0.6) is 0 Å². The summed E-state index contributed by atoms with van der Waals surface area (Å²) in [5.41, 5.74) is 2.49. The first-order chi connectivity index (χ1) is 10.1. The van der Waals surface area contributed by atoms with Crippen molar-refractivity contribution < 1.29 is 9.90 Å². The van der Waals surface area contributed by atoms with E-state index in [0.29, 0.717) is 0 Å². The Morgan fingerprint density at radius 2 is 1.95 bits per heavy atom. The minimum atomic E-state index is -0.698. The molecule has 0 aromatic heterocycles. The molecule has 0 unspecified atom stereocenters. The molecule has 1 aromatic carbocycles. The minimum absolute atomic E-state index is 0.279. The third-order valence-corrected chi connectivity index (χ3v) is 4.23. The Kier molecular flexibility index (Phi) is 5.88. The number of nitrogens with zero attached hydrogens (tertiary/aromatic N) is 2. The number of hydrogen-bond acceptors (Lipinski definition) is 3. The first kappa shape index (κ1) is 16.1. The van der Waals surface area contributed by atoms with Crippen molar-refractivity contribution in [3.8, 4) is 0 Å². The van der Waals surface area contributed by atoms with Crippen LogP contribution in [0.3, 0.4) is 0 Å². The number of carbonyl (C=O) groups is 1. The fourth-order valence-electron chi connectivity index (χ4n) is 2.75. The third-order valence-electron chi connectivity index (χ3n) is 4.00. The summed E-state index contributed by atoms with van der Waals surface area (Å²) in [4.78, 5) is 15.3. The minimum Gasteiger partial charge on any atom is -0.481 e. The van der Waals surface area contributed by atoms with Crippen molar-refractivity contribution in [2.75, 3.05) is 37.6 Å². The van der Waals surface area contributed by atoms with Gasteiger partial charge in [0.2, 0.25) is 0 Å². The van der Waals surface area contributed by atoms with E-state index >= 15 is 0 Å². The molecule has 0 aliphatic carbocycles. The molecule has 1 fully saturated rings. The van der Waals surface area contributed by atoms with Gasteiger partial charge in [0.15, 0.2) is 0 Å². The van der Waals surface area contributed by atoms with E-state index < -0.39 is 5.97 Å². The van der Waals surface area contributed by atoms with E-state index in [1.165, 1.54) is 11.3 Å². The molecule has 21 heavy (non-hydrogen) atoms. The standard InChI is InChI=1S/C16H23ClN2O2/c1-13-5-6-14(17)12-15(13)19-10-8-18(9-11-19)7-3-2-4-16(20)21/h5-6,12H,2-4,7-11H2,1H3,(H,20,21). The first-order valence-corrected chi connectivity index (χ1v) is 7.89.